The highest BCUT2D eigenvalue weighted by molar-refractivity contribution is 6.24. The summed E-state index contributed by atoms with van der Waals surface area (Å²) in [6, 6.07) is 13.5. The van der Waals surface area contributed by atoms with Crippen molar-refractivity contribution in [3.63, 3.8) is 0 Å². The number of phenols is 1. The van der Waals surface area contributed by atoms with Crippen molar-refractivity contribution in [2.75, 3.05) is 12.0 Å². The van der Waals surface area contributed by atoms with Crippen LogP contribution in [0.2, 0.25) is 0 Å². The molecule has 9 heteroatoms. The van der Waals surface area contributed by atoms with Crippen LogP contribution in [-0.2, 0) is 19.2 Å². The van der Waals surface area contributed by atoms with Crippen LogP contribution in [0.5, 0.6) is 11.5 Å². The summed E-state index contributed by atoms with van der Waals surface area (Å²) in [5.74, 6) is -5.68. The van der Waals surface area contributed by atoms with Crippen LogP contribution in [0.25, 0.3) is 0 Å². The predicted molar refractivity (Wildman–Crippen MR) is 129 cm³/mol. The normalized spacial score (nSPS) is 32.7. The first-order chi connectivity index (χ1) is 17.7. The molecular weight excluding hydrogens is 476 g/mol. The van der Waals surface area contributed by atoms with Crippen molar-refractivity contribution in [2.24, 2.45) is 29.1 Å². The average molecular weight is 503 g/mol. The number of carbonyl (C=O) groups is 4. The van der Waals surface area contributed by atoms with Gasteiger partial charge in [0.15, 0.2) is 0 Å². The molecule has 2 N–H and O–H groups in total. The molecule has 6 unspecified atom stereocenters. The van der Waals surface area contributed by atoms with Crippen LogP contribution in [0.15, 0.2) is 60.2 Å². The summed E-state index contributed by atoms with van der Waals surface area (Å²) in [7, 11) is 1.46. The third-order valence-corrected chi connectivity index (χ3v) is 8.82. The van der Waals surface area contributed by atoms with Gasteiger partial charge in [0.25, 0.3) is 11.8 Å². The van der Waals surface area contributed by atoms with Gasteiger partial charge in [-0.25, -0.2) is 4.90 Å². The van der Waals surface area contributed by atoms with Gasteiger partial charge in [-0.05, 0) is 49.9 Å². The Morgan fingerprint density at radius 3 is 2.38 bits per heavy atom. The molecule has 4 aliphatic rings. The van der Waals surface area contributed by atoms with E-state index in [2.05, 4.69) is 0 Å². The molecule has 3 fully saturated rings. The Kier molecular flexibility index (Phi) is 5.07. The molecule has 4 amide bonds. The molecular formula is C28H26N2O7. The highest BCUT2D eigenvalue weighted by Gasteiger charge is 2.68. The van der Waals surface area contributed by atoms with Crippen LogP contribution in [0.1, 0.15) is 31.2 Å². The Morgan fingerprint density at radius 2 is 1.68 bits per heavy atom. The number of allylic oxidation sites excluding steroid dienone is 2. The number of rotatable bonds is 3. The summed E-state index contributed by atoms with van der Waals surface area (Å²) in [4.78, 5) is 55.0. The smallest absolute Gasteiger partial charge is 0.257 e. The largest absolute Gasteiger partial charge is 0.508 e. The summed E-state index contributed by atoms with van der Waals surface area (Å²) >= 11 is 0. The number of fused-ring (bicyclic) bond motifs is 4. The number of phenolic OH excluding ortho intramolecular Hbond substituents is 1. The molecule has 0 radical (unpaired) electrons. The molecule has 2 aromatic rings. The number of hydrogen-bond acceptors (Lipinski definition) is 7. The maximum absolute atomic E-state index is 14.2. The Morgan fingerprint density at radius 1 is 0.946 bits per heavy atom. The van der Waals surface area contributed by atoms with Crippen LogP contribution in [0, 0.1) is 29.1 Å². The lowest BCUT2D eigenvalue weighted by Crippen LogP contribution is -2.49. The molecule has 1 saturated carbocycles. The molecule has 2 aliphatic carbocycles. The van der Waals surface area contributed by atoms with Crippen LogP contribution >= 0.6 is 0 Å². The van der Waals surface area contributed by atoms with E-state index in [0.717, 1.165) is 0 Å². The number of para-hydroxylation sites is 1. The SMILES string of the molecule is COc1cccc(O)c1C1C2=CCC3C(=O)N(O)C(=O)C3C2CC2C(=O)N(c3ccccc3)C(=O)C21C. The van der Waals surface area contributed by atoms with E-state index in [0.29, 0.717) is 22.6 Å². The van der Waals surface area contributed by atoms with Gasteiger partial charge in [-0.2, -0.15) is 5.06 Å². The summed E-state index contributed by atoms with van der Waals surface area (Å²) in [5.41, 5.74) is 0.214. The zero-order valence-corrected chi connectivity index (χ0v) is 20.3. The quantitative estimate of drug-likeness (QED) is 0.376. The van der Waals surface area contributed by atoms with Crippen LogP contribution in [-0.4, -0.2) is 46.1 Å². The molecule has 0 spiro atoms. The number of hydroxylamine groups is 2. The first kappa shape index (κ1) is 23.4. The molecule has 190 valence electrons. The molecule has 2 saturated heterocycles. The van der Waals surface area contributed by atoms with Gasteiger partial charge in [0.1, 0.15) is 11.5 Å². The molecule has 37 heavy (non-hydrogen) atoms. The standard InChI is InChI=1S/C28H26N2O7/c1-28-18(25(33)29(27(28)35)14-7-4-3-5-8-14)13-17-15(11-12-16-21(17)26(34)30(36)24(16)32)23(28)22-19(31)9-6-10-20(22)37-2/h3-11,16-18,21,23,31,36H,12-13H2,1-2H3. The van der Waals surface area contributed by atoms with Crippen LogP contribution in [0.4, 0.5) is 5.69 Å². The lowest BCUT2D eigenvalue weighted by molar-refractivity contribution is -0.173. The zero-order chi connectivity index (χ0) is 26.2. The van der Waals surface area contributed by atoms with E-state index in [1.54, 1.807) is 49.4 Å². The van der Waals surface area contributed by atoms with Gasteiger partial charge in [-0.3, -0.25) is 24.4 Å². The fourth-order valence-corrected chi connectivity index (χ4v) is 7.13. The number of anilines is 1. The van der Waals surface area contributed by atoms with E-state index in [1.165, 1.54) is 18.1 Å². The van der Waals surface area contributed by atoms with Gasteiger partial charge >= 0.3 is 0 Å². The Hall–Kier alpha value is -3.98. The van der Waals surface area contributed by atoms with Gasteiger partial charge in [0, 0.05) is 11.5 Å². The third kappa shape index (κ3) is 2.94. The van der Waals surface area contributed by atoms with E-state index < -0.39 is 58.6 Å². The molecule has 9 nitrogen and oxygen atoms in total. The second-order valence-electron chi connectivity index (χ2n) is 10.4. The van der Waals surface area contributed by atoms with E-state index in [1.807, 2.05) is 6.08 Å². The van der Waals surface area contributed by atoms with Gasteiger partial charge < -0.3 is 9.84 Å². The highest BCUT2D eigenvalue weighted by Crippen LogP contribution is 2.65. The summed E-state index contributed by atoms with van der Waals surface area (Å²) < 4.78 is 5.60. The van der Waals surface area contributed by atoms with Crippen molar-refractivity contribution in [1.29, 1.82) is 0 Å². The maximum Gasteiger partial charge on any atom is 0.257 e. The summed E-state index contributed by atoms with van der Waals surface area (Å²) in [5, 5.41) is 21.4. The molecule has 0 bridgehead atoms. The highest BCUT2D eigenvalue weighted by atomic mass is 16.5. The lowest BCUT2D eigenvalue weighted by atomic mass is 9.51. The number of amides is 4. The zero-order valence-electron chi connectivity index (χ0n) is 20.3. The summed E-state index contributed by atoms with van der Waals surface area (Å²) in [6.07, 6.45) is 2.21. The second-order valence-corrected chi connectivity index (χ2v) is 10.4. The van der Waals surface area contributed by atoms with Crippen molar-refractivity contribution in [3.05, 3.63) is 65.7 Å². The minimum atomic E-state index is -1.29. The van der Waals surface area contributed by atoms with E-state index in [9.17, 15) is 29.5 Å². The van der Waals surface area contributed by atoms with E-state index in [4.69, 9.17) is 4.74 Å². The van der Waals surface area contributed by atoms with Gasteiger partial charge in [0.2, 0.25) is 11.8 Å². The molecule has 0 aromatic heterocycles. The topological polar surface area (TPSA) is 124 Å². The van der Waals surface area contributed by atoms with Crippen molar-refractivity contribution in [3.8, 4) is 11.5 Å². The van der Waals surface area contributed by atoms with Crippen molar-refractivity contribution < 1.29 is 34.2 Å². The minimum absolute atomic E-state index is 0.0935. The van der Waals surface area contributed by atoms with Gasteiger partial charge in [-0.15, -0.1) is 0 Å². The van der Waals surface area contributed by atoms with Gasteiger partial charge in [0.05, 0.1) is 36.0 Å². The van der Waals surface area contributed by atoms with Crippen molar-refractivity contribution in [1.82, 2.24) is 5.06 Å². The number of methoxy groups -OCH3 is 1. The minimum Gasteiger partial charge on any atom is -0.508 e. The van der Waals surface area contributed by atoms with Crippen molar-refractivity contribution >= 4 is 29.3 Å². The number of hydrogen-bond donors (Lipinski definition) is 2. The first-order valence-electron chi connectivity index (χ1n) is 12.3. The number of aromatic hydroxyl groups is 1. The second kappa shape index (κ2) is 8.01. The average Bonchev–Trinajstić information content (AvgIpc) is 3.24. The molecule has 2 heterocycles. The van der Waals surface area contributed by atoms with Gasteiger partial charge in [-0.1, -0.05) is 35.9 Å². The molecule has 6 atom stereocenters. The third-order valence-electron chi connectivity index (χ3n) is 8.82. The number of benzene rings is 2. The predicted octanol–water partition coefficient (Wildman–Crippen LogP) is 3.02. The number of nitrogens with zero attached hydrogens (tertiary/aromatic N) is 2. The monoisotopic (exact) mass is 502 g/mol. The van der Waals surface area contributed by atoms with Crippen LogP contribution < -0.4 is 9.64 Å². The summed E-state index contributed by atoms with van der Waals surface area (Å²) in [6.45, 7) is 1.74. The molecule has 6 rings (SSSR count). The number of ether oxygens (including phenoxy) is 1. The number of carbonyl (C=O) groups excluding carboxylic acids is 4. The van der Waals surface area contributed by atoms with E-state index in [-0.39, 0.29) is 23.7 Å². The first-order valence-corrected chi connectivity index (χ1v) is 12.3. The number of imide groups is 2. The molecule has 2 aliphatic heterocycles. The Bertz CT molecular complexity index is 1390. The lowest BCUT2D eigenvalue weighted by Gasteiger charge is -2.49. The van der Waals surface area contributed by atoms with Crippen LogP contribution in [0.3, 0.4) is 0 Å². The van der Waals surface area contributed by atoms with Crippen molar-refractivity contribution in [2.45, 2.75) is 25.7 Å². The fraction of sp³-hybridized carbons (Fsp3) is 0.357. The Labute approximate surface area is 212 Å². The maximum atomic E-state index is 14.2. The fourth-order valence-electron chi connectivity index (χ4n) is 7.13. The Balaban J connectivity index is 1.59. The molecule has 2 aromatic carbocycles. The van der Waals surface area contributed by atoms with E-state index >= 15 is 0 Å².